The van der Waals surface area contributed by atoms with E-state index in [0.29, 0.717) is 26.1 Å². The molecule has 1 fully saturated rings. The second-order valence-corrected chi connectivity index (χ2v) is 4.14. The average molecular weight is 244 g/mol. The molecule has 6 heteroatoms. The first-order chi connectivity index (χ1) is 8.06. The minimum Gasteiger partial charge on any atom is -0.480 e. The average Bonchev–Trinajstić information content (AvgIpc) is 2.75. The number of ether oxygens (including phenoxy) is 1. The lowest BCUT2D eigenvalue weighted by molar-refractivity contribution is -0.141. The fourth-order valence-corrected chi connectivity index (χ4v) is 1.94. The van der Waals surface area contributed by atoms with Gasteiger partial charge in [-0.1, -0.05) is 0 Å². The number of carboxylic acid groups (broad SMARTS) is 1. The summed E-state index contributed by atoms with van der Waals surface area (Å²) < 4.78 is 5.28. The van der Waals surface area contributed by atoms with Crippen molar-refractivity contribution in [2.75, 3.05) is 19.7 Å². The molecule has 1 aliphatic heterocycles. The highest BCUT2D eigenvalue weighted by atomic mass is 16.5. The molecule has 98 valence electrons. The zero-order chi connectivity index (χ0) is 12.8. The number of urea groups is 1. The molecule has 1 rings (SSSR count). The molecule has 0 aliphatic carbocycles. The quantitative estimate of drug-likeness (QED) is 0.745. The molecule has 0 spiro atoms. The predicted octanol–water partition coefficient (Wildman–Crippen LogP) is 0.670. The van der Waals surface area contributed by atoms with Gasteiger partial charge in [0.1, 0.15) is 6.04 Å². The van der Waals surface area contributed by atoms with Gasteiger partial charge in [-0.05, 0) is 26.7 Å². The number of rotatable bonds is 5. The summed E-state index contributed by atoms with van der Waals surface area (Å²) in [6.45, 7) is 5.25. The summed E-state index contributed by atoms with van der Waals surface area (Å²) in [5, 5.41) is 11.6. The van der Waals surface area contributed by atoms with Gasteiger partial charge >= 0.3 is 12.0 Å². The molecule has 17 heavy (non-hydrogen) atoms. The van der Waals surface area contributed by atoms with Crippen molar-refractivity contribution < 1.29 is 19.4 Å². The summed E-state index contributed by atoms with van der Waals surface area (Å²) in [6, 6.07) is -1.00. The molecule has 0 radical (unpaired) electrons. The number of hydrogen-bond donors (Lipinski definition) is 2. The molecule has 6 nitrogen and oxygen atoms in total. The van der Waals surface area contributed by atoms with Crippen molar-refractivity contribution in [1.29, 1.82) is 0 Å². The molecular weight excluding hydrogens is 224 g/mol. The predicted molar refractivity (Wildman–Crippen MR) is 61.9 cm³/mol. The third-order valence-corrected chi connectivity index (χ3v) is 2.79. The summed E-state index contributed by atoms with van der Waals surface area (Å²) in [7, 11) is 0. The fourth-order valence-electron chi connectivity index (χ4n) is 1.94. The van der Waals surface area contributed by atoms with Gasteiger partial charge < -0.3 is 20.1 Å². The third-order valence-electron chi connectivity index (χ3n) is 2.79. The van der Waals surface area contributed by atoms with Crippen molar-refractivity contribution in [2.24, 2.45) is 0 Å². The number of carbonyl (C=O) groups excluding carboxylic acids is 1. The van der Waals surface area contributed by atoms with Crippen LogP contribution in [0, 0.1) is 0 Å². The van der Waals surface area contributed by atoms with Gasteiger partial charge in [0.25, 0.3) is 0 Å². The van der Waals surface area contributed by atoms with Crippen molar-refractivity contribution in [3.63, 3.8) is 0 Å². The summed E-state index contributed by atoms with van der Waals surface area (Å²) in [6.07, 6.45) is 1.21. The van der Waals surface area contributed by atoms with Crippen LogP contribution in [-0.4, -0.2) is 53.8 Å². The van der Waals surface area contributed by atoms with E-state index < -0.39 is 12.0 Å². The third kappa shape index (κ3) is 3.89. The van der Waals surface area contributed by atoms with Crippen molar-refractivity contribution >= 4 is 12.0 Å². The van der Waals surface area contributed by atoms with E-state index in [2.05, 4.69) is 5.32 Å². The molecule has 0 aromatic heterocycles. The number of amides is 2. The Morgan fingerprint density at radius 2 is 2.29 bits per heavy atom. The molecule has 2 amide bonds. The number of carboxylic acids is 1. The first-order valence-corrected chi connectivity index (χ1v) is 5.95. The number of likely N-dealkylation sites (tertiary alicyclic amines) is 1. The topological polar surface area (TPSA) is 78.9 Å². The SMILES string of the molecule is CCOC(C)CNC(=O)N1CCC[C@@H]1C(=O)O. The standard InChI is InChI=1S/C11H20N2O4/c1-3-17-8(2)7-12-11(16)13-6-4-5-9(13)10(14)15/h8-9H,3-7H2,1-2H3,(H,12,16)(H,14,15)/t8?,9-/m1/s1. The van der Waals surface area contributed by atoms with Crippen molar-refractivity contribution in [3.05, 3.63) is 0 Å². The Morgan fingerprint density at radius 1 is 1.59 bits per heavy atom. The molecule has 1 aliphatic rings. The Morgan fingerprint density at radius 3 is 2.88 bits per heavy atom. The van der Waals surface area contributed by atoms with Crippen LogP contribution in [-0.2, 0) is 9.53 Å². The largest absolute Gasteiger partial charge is 0.480 e. The normalized spacial score (nSPS) is 21.3. The first kappa shape index (κ1) is 13.8. The number of nitrogens with one attached hydrogen (secondary N) is 1. The molecule has 0 aromatic carbocycles. The van der Waals surface area contributed by atoms with Crippen LogP contribution in [0.2, 0.25) is 0 Å². The van der Waals surface area contributed by atoms with Crippen molar-refractivity contribution in [3.8, 4) is 0 Å². The van der Waals surface area contributed by atoms with Gasteiger partial charge in [-0.15, -0.1) is 0 Å². The summed E-state index contributed by atoms with van der Waals surface area (Å²) >= 11 is 0. The fraction of sp³-hybridized carbons (Fsp3) is 0.818. The van der Waals surface area contributed by atoms with Crippen molar-refractivity contribution in [2.45, 2.75) is 38.8 Å². The maximum absolute atomic E-state index is 11.8. The number of aliphatic carboxylic acids is 1. The Balaban J connectivity index is 2.39. The van der Waals surface area contributed by atoms with Gasteiger partial charge in [-0.25, -0.2) is 9.59 Å². The number of hydrogen-bond acceptors (Lipinski definition) is 3. The second-order valence-electron chi connectivity index (χ2n) is 4.14. The summed E-state index contributed by atoms with van der Waals surface area (Å²) in [5.74, 6) is -0.935. The van der Waals surface area contributed by atoms with Gasteiger partial charge in [0, 0.05) is 19.7 Å². The van der Waals surface area contributed by atoms with Gasteiger partial charge in [-0.3, -0.25) is 0 Å². The van der Waals surface area contributed by atoms with E-state index in [1.807, 2.05) is 13.8 Å². The van der Waals surface area contributed by atoms with Gasteiger partial charge in [0.05, 0.1) is 6.10 Å². The molecule has 2 atom stereocenters. The van der Waals surface area contributed by atoms with E-state index in [1.165, 1.54) is 4.90 Å². The maximum atomic E-state index is 11.8. The lowest BCUT2D eigenvalue weighted by Gasteiger charge is -2.22. The highest BCUT2D eigenvalue weighted by Crippen LogP contribution is 2.17. The second kappa shape index (κ2) is 6.44. The van der Waals surface area contributed by atoms with Crippen LogP contribution in [0.5, 0.6) is 0 Å². The van der Waals surface area contributed by atoms with Crippen LogP contribution >= 0.6 is 0 Å². The van der Waals surface area contributed by atoms with E-state index in [-0.39, 0.29) is 12.1 Å². The number of carbonyl (C=O) groups is 2. The van der Waals surface area contributed by atoms with Crippen LogP contribution < -0.4 is 5.32 Å². The zero-order valence-electron chi connectivity index (χ0n) is 10.3. The Hall–Kier alpha value is -1.30. The Kier molecular flexibility index (Phi) is 5.21. The number of nitrogens with zero attached hydrogens (tertiary/aromatic N) is 1. The molecule has 2 N–H and O–H groups in total. The minimum absolute atomic E-state index is 0.0603. The maximum Gasteiger partial charge on any atom is 0.326 e. The van der Waals surface area contributed by atoms with Gasteiger partial charge in [-0.2, -0.15) is 0 Å². The molecule has 1 heterocycles. The Bertz CT molecular complexity index is 283. The highest BCUT2D eigenvalue weighted by Gasteiger charge is 2.33. The van der Waals surface area contributed by atoms with Crippen LogP contribution in [0.4, 0.5) is 4.79 Å². The van der Waals surface area contributed by atoms with Crippen LogP contribution in [0.25, 0.3) is 0 Å². The molecule has 0 saturated carbocycles. The smallest absolute Gasteiger partial charge is 0.326 e. The lowest BCUT2D eigenvalue weighted by atomic mass is 10.2. The van der Waals surface area contributed by atoms with E-state index in [4.69, 9.17) is 9.84 Å². The van der Waals surface area contributed by atoms with E-state index >= 15 is 0 Å². The van der Waals surface area contributed by atoms with E-state index in [0.717, 1.165) is 6.42 Å². The van der Waals surface area contributed by atoms with E-state index in [1.54, 1.807) is 0 Å². The molecule has 0 bridgehead atoms. The van der Waals surface area contributed by atoms with Gasteiger partial charge in [0.2, 0.25) is 0 Å². The molecular formula is C11H20N2O4. The minimum atomic E-state index is -0.935. The molecule has 1 saturated heterocycles. The molecule has 0 aromatic rings. The van der Waals surface area contributed by atoms with E-state index in [9.17, 15) is 9.59 Å². The summed E-state index contributed by atoms with van der Waals surface area (Å²) in [5.41, 5.74) is 0. The van der Waals surface area contributed by atoms with Crippen molar-refractivity contribution in [1.82, 2.24) is 10.2 Å². The van der Waals surface area contributed by atoms with Crippen LogP contribution in [0.15, 0.2) is 0 Å². The highest BCUT2D eigenvalue weighted by molar-refractivity contribution is 5.83. The Labute approximate surface area is 101 Å². The van der Waals surface area contributed by atoms with Gasteiger partial charge in [0.15, 0.2) is 0 Å². The van der Waals surface area contributed by atoms with Crippen LogP contribution in [0.1, 0.15) is 26.7 Å². The van der Waals surface area contributed by atoms with Crippen LogP contribution in [0.3, 0.4) is 0 Å². The summed E-state index contributed by atoms with van der Waals surface area (Å²) in [4.78, 5) is 24.1. The molecule has 1 unspecified atom stereocenters. The monoisotopic (exact) mass is 244 g/mol. The lowest BCUT2D eigenvalue weighted by Crippen LogP contribution is -2.47. The zero-order valence-corrected chi connectivity index (χ0v) is 10.3. The first-order valence-electron chi connectivity index (χ1n) is 5.95.